The van der Waals surface area contributed by atoms with Crippen molar-refractivity contribution in [2.75, 3.05) is 51.6 Å². The van der Waals surface area contributed by atoms with Crippen LogP contribution in [0.25, 0.3) is 0 Å². The van der Waals surface area contributed by atoms with Gasteiger partial charge in [0.25, 0.3) is 10.1 Å². The van der Waals surface area contributed by atoms with Crippen LogP contribution in [0, 0.1) is 18.8 Å². The van der Waals surface area contributed by atoms with Crippen LogP contribution < -0.4 is 5.73 Å². The fraction of sp³-hybridized carbons (Fsp3) is 0.400. The second-order valence-corrected chi connectivity index (χ2v) is 25.6. The summed E-state index contributed by atoms with van der Waals surface area (Å²) in [6, 6.07) is 64.3. The molecule has 420 valence electrons. The monoisotopic (exact) mass is 1080 g/mol. The molecule has 0 aliphatic carbocycles. The molecular formula is C70H89N3O5S. The highest BCUT2D eigenvalue weighted by molar-refractivity contribution is 7.86. The Morgan fingerprint density at radius 2 is 0.823 bits per heavy atom. The summed E-state index contributed by atoms with van der Waals surface area (Å²) in [5, 5.41) is 24.0. The molecule has 4 N–H and O–H groups in total. The molecule has 2 fully saturated rings. The lowest BCUT2D eigenvalue weighted by molar-refractivity contribution is -0.0146. The third-order valence-electron chi connectivity index (χ3n) is 16.2. The van der Waals surface area contributed by atoms with Crippen molar-refractivity contribution in [3.8, 4) is 0 Å². The normalized spacial score (nSPS) is 15.4. The fourth-order valence-corrected chi connectivity index (χ4v) is 12.2. The van der Waals surface area contributed by atoms with Crippen LogP contribution in [-0.4, -0.2) is 74.3 Å². The fourth-order valence-electron chi connectivity index (χ4n) is 11.2. The lowest BCUT2D eigenvalue weighted by atomic mass is 9.72. The third kappa shape index (κ3) is 16.8. The summed E-state index contributed by atoms with van der Waals surface area (Å²) in [5.74, 6) is 0.335. The molecule has 2 aliphatic heterocycles. The van der Waals surface area contributed by atoms with Gasteiger partial charge in [-0.3, -0.25) is 4.18 Å². The van der Waals surface area contributed by atoms with E-state index in [2.05, 4.69) is 112 Å². The van der Waals surface area contributed by atoms with Crippen molar-refractivity contribution in [1.29, 1.82) is 0 Å². The molecule has 8 nitrogen and oxygen atoms in total. The summed E-state index contributed by atoms with van der Waals surface area (Å²) in [4.78, 5) is 5.12. The number of piperidine rings is 2. The Bertz CT molecular complexity index is 2880. The van der Waals surface area contributed by atoms with Gasteiger partial charge in [-0.15, -0.1) is 0 Å². The predicted octanol–water partition coefficient (Wildman–Crippen LogP) is 14.3. The second-order valence-electron chi connectivity index (χ2n) is 23.9. The number of aryl methyl sites for hydroxylation is 2. The zero-order chi connectivity index (χ0) is 56.5. The maximum atomic E-state index is 12.4. The molecule has 0 radical (unpaired) electrons. The highest BCUT2D eigenvalue weighted by atomic mass is 32.2. The highest BCUT2D eigenvalue weighted by Gasteiger charge is 2.43. The summed E-state index contributed by atoms with van der Waals surface area (Å²) in [6.45, 7) is 21.2. The molecule has 0 saturated carbocycles. The molecule has 0 unspecified atom stereocenters. The minimum Gasteiger partial charge on any atom is -0.399 e. The first-order valence-electron chi connectivity index (χ1n) is 28.8. The number of anilines is 1. The highest BCUT2D eigenvalue weighted by Crippen LogP contribution is 2.43. The van der Waals surface area contributed by atoms with E-state index in [1.54, 1.807) is 24.3 Å². The number of nitrogen functional groups attached to an aromatic ring is 1. The third-order valence-corrected chi connectivity index (χ3v) is 17.5. The maximum absolute atomic E-state index is 12.4. The van der Waals surface area contributed by atoms with Gasteiger partial charge in [0.15, 0.2) is 0 Å². The Kier molecular flexibility index (Phi) is 21.5. The number of nitrogens with two attached hydrogens (primary N) is 1. The van der Waals surface area contributed by atoms with E-state index < -0.39 is 21.3 Å². The van der Waals surface area contributed by atoms with Crippen LogP contribution >= 0.6 is 0 Å². The van der Waals surface area contributed by atoms with Crippen molar-refractivity contribution in [2.24, 2.45) is 11.8 Å². The average Bonchev–Trinajstić information content (AvgIpc) is 3.56. The van der Waals surface area contributed by atoms with E-state index in [1.807, 2.05) is 116 Å². The van der Waals surface area contributed by atoms with Crippen LogP contribution in [-0.2, 0) is 42.8 Å². The smallest absolute Gasteiger partial charge is 0.296 e. The summed E-state index contributed by atoms with van der Waals surface area (Å²) in [7, 11) is -3.72. The predicted molar refractivity (Wildman–Crippen MR) is 327 cm³/mol. The number of unbranched alkanes of at least 4 members (excludes halogenated alkanes) is 1. The van der Waals surface area contributed by atoms with Crippen molar-refractivity contribution >= 4 is 15.8 Å². The van der Waals surface area contributed by atoms with Crippen LogP contribution in [0.5, 0.6) is 0 Å². The van der Waals surface area contributed by atoms with Crippen LogP contribution in [0.15, 0.2) is 199 Å². The van der Waals surface area contributed by atoms with Gasteiger partial charge in [0.2, 0.25) is 0 Å². The first-order chi connectivity index (χ1) is 37.8. The lowest BCUT2D eigenvalue weighted by Crippen LogP contribution is -2.44. The van der Waals surface area contributed by atoms with Gasteiger partial charge in [-0.05, 0) is 177 Å². The van der Waals surface area contributed by atoms with Gasteiger partial charge in [-0.2, -0.15) is 8.42 Å². The van der Waals surface area contributed by atoms with Crippen LogP contribution in [0.2, 0.25) is 0 Å². The number of benzene rings is 7. The van der Waals surface area contributed by atoms with Gasteiger partial charge >= 0.3 is 0 Å². The molecule has 0 bridgehead atoms. The Labute approximate surface area is 474 Å². The Morgan fingerprint density at radius 1 is 0.468 bits per heavy atom. The molecular weight excluding hydrogens is 995 g/mol. The topological polar surface area (TPSA) is 116 Å². The van der Waals surface area contributed by atoms with Crippen LogP contribution in [0.1, 0.15) is 131 Å². The van der Waals surface area contributed by atoms with E-state index in [9.17, 15) is 18.6 Å². The zero-order valence-corrected chi connectivity index (χ0v) is 49.1. The number of rotatable bonds is 17. The molecule has 0 atom stereocenters. The molecule has 2 aliphatic rings. The Hall–Kier alpha value is -5.91. The van der Waals surface area contributed by atoms with E-state index in [-0.39, 0.29) is 34.2 Å². The number of aliphatic hydroxyl groups is 2. The molecule has 0 aromatic heterocycles. The van der Waals surface area contributed by atoms with Crippen molar-refractivity contribution in [3.05, 3.63) is 239 Å². The lowest BCUT2D eigenvalue weighted by Gasteiger charge is -2.42. The van der Waals surface area contributed by atoms with Crippen molar-refractivity contribution in [2.45, 2.75) is 127 Å². The zero-order valence-electron chi connectivity index (χ0n) is 48.2. The van der Waals surface area contributed by atoms with Crippen LogP contribution in [0.4, 0.5) is 5.69 Å². The number of likely N-dealkylation sites (tertiary alicyclic amines) is 2. The quantitative estimate of drug-likeness (QED) is 0.0469. The molecule has 79 heavy (non-hydrogen) atoms. The molecule has 7 aromatic rings. The van der Waals surface area contributed by atoms with Crippen molar-refractivity contribution in [1.82, 2.24) is 9.80 Å². The SMILES string of the molecule is CC(C)(C)c1ccc(CCCCN2CCC(C(O)(c3ccccc3)c3ccccc3)CC2)cc1.CC(C)(C)c1ccc(N)cc1.Cc1ccc(S(=O)(=O)OCCCN2CCC(C(O)(c3ccccc3)c3ccccc3)CC2)cc1. The van der Waals surface area contributed by atoms with Gasteiger partial charge < -0.3 is 25.7 Å². The van der Waals surface area contributed by atoms with Gasteiger partial charge in [-0.25, -0.2) is 0 Å². The maximum Gasteiger partial charge on any atom is 0.296 e. The molecule has 0 amide bonds. The van der Waals surface area contributed by atoms with Gasteiger partial charge in [0, 0.05) is 12.2 Å². The second kappa shape index (κ2) is 28.0. The van der Waals surface area contributed by atoms with E-state index in [4.69, 9.17) is 9.92 Å². The molecule has 9 rings (SSSR count). The van der Waals surface area contributed by atoms with E-state index in [0.717, 1.165) is 105 Å². The first-order valence-corrected chi connectivity index (χ1v) is 30.2. The number of hydrogen-bond donors (Lipinski definition) is 3. The van der Waals surface area contributed by atoms with Gasteiger partial charge in [0.1, 0.15) is 11.2 Å². The average molecular weight is 1080 g/mol. The summed E-state index contributed by atoms with van der Waals surface area (Å²) in [5.41, 5.74) is 14.0. The summed E-state index contributed by atoms with van der Waals surface area (Å²) in [6.07, 6.45) is 8.02. The number of nitrogens with zero attached hydrogens (tertiary/aromatic N) is 2. The minimum absolute atomic E-state index is 0.103. The van der Waals surface area contributed by atoms with Crippen LogP contribution in [0.3, 0.4) is 0 Å². The Morgan fingerprint density at radius 3 is 1.19 bits per heavy atom. The molecule has 0 spiro atoms. The van der Waals surface area contributed by atoms with Crippen molar-refractivity contribution in [3.63, 3.8) is 0 Å². The van der Waals surface area contributed by atoms with E-state index in [1.165, 1.54) is 29.5 Å². The number of hydrogen-bond acceptors (Lipinski definition) is 8. The van der Waals surface area contributed by atoms with E-state index in [0.29, 0.717) is 6.42 Å². The molecule has 7 aromatic carbocycles. The largest absolute Gasteiger partial charge is 0.399 e. The Balaban J connectivity index is 0.000000192. The van der Waals surface area contributed by atoms with E-state index >= 15 is 0 Å². The van der Waals surface area contributed by atoms with Gasteiger partial charge in [0.05, 0.1) is 11.5 Å². The standard InChI is InChI=1S/C32H41NO.C28H33NO4S.C10H15N/c1-31(2,3)27-19-17-26(18-20-27)12-10-11-23-33-24-21-30(22-25-33)32(34,28-13-6-4-7-14-28)29-15-8-5-9-16-29;1-23-13-15-27(16-14-23)34(31,32)33-22-8-19-29-20-17-26(18-21-29)28(30,24-9-4-2-5-10-24)25-11-6-3-7-12-25;1-10(2,3)8-4-6-9(11)7-5-8/h4-9,13-20,30,34H,10-12,21-25H2,1-3H3;2-7,9-16,26,30H,8,17-22H2,1H3;4-7H,11H2,1-3H3. The molecule has 9 heteroatoms. The van der Waals surface area contributed by atoms with Gasteiger partial charge in [-0.1, -0.05) is 217 Å². The summed E-state index contributed by atoms with van der Waals surface area (Å²) < 4.78 is 30.0. The molecule has 2 heterocycles. The summed E-state index contributed by atoms with van der Waals surface area (Å²) >= 11 is 0. The first kappa shape index (κ1) is 60.7. The van der Waals surface area contributed by atoms with Crippen molar-refractivity contribution < 1.29 is 22.8 Å². The minimum atomic E-state index is -3.72. The molecule has 2 saturated heterocycles.